The van der Waals surface area contributed by atoms with E-state index < -0.39 is 0 Å². The predicted molar refractivity (Wildman–Crippen MR) is 65.5 cm³/mol. The van der Waals surface area contributed by atoms with Gasteiger partial charge in [-0.3, -0.25) is 0 Å². The van der Waals surface area contributed by atoms with Crippen LogP contribution in [0.3, 0.4) is 0 Å². The fourth-order valence-corrected chi connectivity index (χ4v) is 2.45. The Morgan fingerprint density at radius 3 is 2.82 bits per heavy atom. The Hall–Kier alpha value is -1.32. The molecule has 1 aromatic heterocycles. The van der Waals surface area contributed by atoms with E-state index >= 15 is 0 Å². The summed E-state index contributed by atoms with van der Waals surface area (Å²) >= 11 is 0. The van der Waals surface area contributed by atoms with Gasteiger partial charge in [0.05, 0.1) is 17.0 Å². The maximum Gasteiger partial charge on any atom is 0.146 e. The van der Waals surface area contributed by atoms with Gasteiger partial charge in [-0.25, -0.2) is 0 Å². The molecule has 0 atom stereocenters. The molecule has 0 aliphatic heterocycles. The first-order valence-corrected chi connectivity index (χ1v) is 6.26. The largest absolute Gasteiger partial charge is 0.411 e. The van der Waals surface area contributed by atoms with E-state index in [9.17, 15) is 0 Å². The Kier molecular flexibility index (Phi) is 3.22. The van der Waals surface area contributed by atoms with Crippen LogP contribution >= 0.6 is 0 Å². The zero-order valence-electron chi connectivity index (χ0n) is 10.8. The smallest absolute Gasteiger partial charge is 0.146 e. The van der Waals surface area contributed by atoms with E-state index in [1.807, 2.05) is 0 Å². The lowest BCUT2D eigenvalue weighted by Gasteiger charge is -2.28. The van der Waals surface area contributed by atoms with Crippen LogP contribution in [-0.4, -0.2) is 16.1 Å². The minimum Gasteiger partial charge on any atom is -0.411 e. The van der Waals surface area contributed by atoms with Crippen molar-refractivity contribution >= 4 is 5.71 Å². The van der Waals surface area contributed by atoms with Crippen molar-refractivity contribution in [2.24, 2.45) is 10.6 Å². The van der Waals surface area contributed by atoms with Gasteiger partial charge < -0.3 is 9.73 Å². The molecule has 0 bridgehead atoms. The van der Waals surface area contributed by atoms with Gasteiger partial charge in [0.1, 0.15) is 5.76 Å². The normalized spacial score (nSPS) is 20.5. The van der Waals surface area contributed by atoms with Gasteiger partial charge in [0.25, 0.3) is 0 Å². The van der Waals surface area contributed by atoms with E-state index in [2.05, 4.69) is 31.1 Å². The summed E-state index contributed by atoms with van der Waals surface area (Å²) in [6, 6.07) is 0. The summed E-state index contributed by atoms with van der Waals surface area (Å²) in [5, 5.41) is 16.7. The maximum atomic E-state index is 9.16. The summed E-state index contributed by atoms with van der Waals surface area (Å²) in [5.74, 6) is 0.875. The number of nitrogens with zero attached hydrogens (tertiary/aromatic N) is 2. The Morgan fingerprint density at radius 1 is 1.41 bits per heavy atom. The van der Waals surface area contributed by atoms with Gasteiger partial charge >= 0.3 is 0 Å². The van der Waals surface area contributed by atoms with Crippen LogP contribution in [0.1, 0.15) is 57.1 Å². The van der Waals surface area contributed by atoms with Crippen molar-refractivity contribution < 1.29 is 9.73 Å². The number of fused-ring (bicyclic) bond motifs is 1. The lowest BCUT2D eigenvalue weighted by atomic mass is 9.75. The van der Waals surface area contributed by atoms with Crippen LogP contribution in [0.2, 0.25) is 0 Å². The molecule has 0 saturated heterocycles. The molecule has 0 fully saturated rings. The highest BCUT2D eigenvalue weighted by atomic mass is 16.5. The molecular weight excluding hydrogens is 216 g/mol. The Balaban J connectivity index is 2.35. The van der Waals surface area contributed by atoms with Gasteiger partial charge in [-0.05, 0) is 24.7 Å². The van der Waals surface area contributed by atoms with E-state index in [4.69, 9.17) is 9.73 Å². The summed E-state index contributed by atoms with van der Waals surface area (Å²) in [6.45, 7) is 6.45. The Bertz CT molecular complexity index is 433. The van der Waals surface area contributed by atoms with Gasteiger partial charge in [0.15, 0.2) is 0 Å². The standard InChI is InChI=1S/C13H20N2O2/c1-4-5-6-9-12-10(14-16)7-13(2,3)8-11(12)17-15-9/h16H,4-8H2,1-3H3. The molecule has 94 valence electrons. The van der Waals surface area contributed by atoms with E-state index in [0.717, 1.165) is 54.8 Å². The predicted octanol–water partition coefficient (Wildman–Crippen LogP) is 3.17. The van der Waals surface area contributed by atoms with Gasteiger partial charge in [0.2, 0.25) is 0 Å². The molecule has 0 aromatic carbocycles. The topological polar surface area (TPSA) is 58.6 Å². The Labute approximate surface area is 102 Å². The number of aromatic nitrogens is 1. The molecule has 1 aromatic rings. The molecule has 0 spiro atoms. The van der Waals surface area contributed by atoms with Crippen molar-refractivity contribution in [3.8, 4) is 0 Å². The number of hydrogen-bond acceptors (Lipinski definition) is 4. The van der Waals surface area contributed by atoms with Crippen LogP contribution in [0.4, 0.5) is 0 Å². The number of oxime groups is 1. The zero-order chi connectivity index (χ0) is 12.5. The van der Waals surface area contributed by atoms with Crippen molar-refractivity contribution in [3.63, 3.8) is 0 Å². The highest BCUT2D eigenvalue weighted by Gasteiger charge is 2.35. The lowest BCUT2D eigenvalue weighted by molar-refractivity contribution is 0.284. The highest BCUT2D eigenvalue weighted by Crippen LogP contribution is 2.36. The quantitative estimate of drug-likeness (QED) is 0.647. The first-order chi connectivity index (χ1) is 8.07. The number of unbranched alkanes of at least 4 members (excludes halogenated alkanes) is 1. The maximum absolute atomic E-state index is 9.16. The molecule has 0 radical (unpaired) electrons. The van der Waals surface area contributed by atoms with Gasteiger partial charge in [-0.15, -0.1) is 0 Å². The average molecular weight is 236 g/mol. The van der Waals surface area contributed by atoms with Crippen LogP contribution in [0, 0.1) is 5.41 Å². The molecule has 1 N–H and O–H groups in total. The summed E-state index contributed by atoms with van der Waals surface area (Å²) in [5.41, 5.74) is 2.71. The molecule has 0 amide bonds. The van der Waals surface area contributed by atoms with Crippen molar-refractivity contribution in [2.45, 2.75) is 52.9 Å². The monoisotopic (exact) mass is 236 g/mol. The SMILES string of the molecule is CCCCc1noc2c1C(=NO)CC(C)(C)C2. The minimum absolute atomic E-state index is 0.0795. The third kappa shape index (κ3) is 2.35. The number of aryl methyl sites for hydroxylation is 1. The highest BCUT2D eigenvalue weighted by molar-refractivity contribution is 6.03. The van der Waals surface area contributed by atoms with Crippen LogP contribution in [-0.2, 0) is 12.8 Å². The Morgan fingerprint density at radius 2 is 2.18 bits per heavy atom. The van der Waals surface area contributed by atoms with Crippen molar-refractivity contribution in [1.82, 2.24) is 5.16 Å². The molecule has 4 nitrogen and oxygen atoms in total. The fourth-order valence-electron chi connectivity index (χ4n) is 2.45. The molecule has 4 heteroatoms. The average Bonchev–Trinajstić information content (AvgIpc) is 2.66. The molecule has 1 aliphatic rings. The number of rotatable bonds is 3. The van der Waals surface area contributed by atoms with Crippen molar-refractivity contribution in [2.75, 3.05) is 0 Å². The van der Waals surface area contributed by atoms with Crippen molar-refractivity contribution in [3.05, 3.63) is 17.0 Å². The zero-order valence-corrected chi connectivity index (χ0v) is 10.8. The molecule has 0 unspecified atom stereocenters. The molecule has 1 aliphatic carbocycles. The summed E-state index contributed by atoms with van der Waals surface area (Å²) in [7, 11) is 0. The van der Waals surface area contributed by atoms with E-state index in [1.54, 1.807) is 0 Å². The summed E-state index contributed by atoms with van der Waals surface area (Å²) in [4.78, 5) is 0. The van der Waals surface area contributed by atoms with Crippen LogP contribution < -0.4 is 0 Å². The second kappa shape index (κ2) is 4.51. The summed E-state index contributed by atoms with van der Waals surface area (Å²) in [6.07, 6.45) is 4.74. The molecule has 17 heavy (non-hydrogen) atoms. The van der Waals surface area contributed by atoms with E-state index in [-0.39, 0.29) is 5.41 Å². The first-order valence-electron chi connectivity index (χ1n) is 6.26. The van der Waals surface area contributed by atoms with Crippen LogP contribution in [0.15, 0.2) is 9.68 Å². The minimum atomic E-state index is 0.0795. The third-order valence-electron chi connectivity index (χ3n) is 3.29. The molecule has 2 rings (SSSR count). The second-order valence-electron chi connectivity index (χ2n) is 5.60. The number of hydrogen-bond donors (Lipinski definition) is 1. The van der Waals surface area contributed by atoms with Crippen LogP contribution in [0.25, 0.3) is 0 Å². The van der Waals surface area contributed by atoms with E-state index in [1.165, 1.54) is 0 Å². The first kappa shape index (κ1) is 12.1. The second-order valence-corrected chi connectivity index (χ2v) is 5.60. The fraction of sp³-hybridized carbons (Fsp3) is 0.692. The molecule has 0 saturated carbocycles. The van der Waals surface area contributed by atoms with Crippen molar-refractivity contribution in [1.29, 1.82) is 0 Å². The van der Waals surface area contributed by atoms with Gasteiger partial charge in [0, 0.05) is 6.42 Å². The van der Waals surface area contributed by atoms with Gasteiger partial charge in [-0.1, -0.05) is 37.5 Å². The van der Waals surface area contributed by atoms with Gasteiger partial charge in [-0.2, -0.15) is 0 Å². The molecular formula is C13H20N2O2. The van der Waals surface area contributed by atoms with E-state index in [0.29, 0.717) is 0 Å². The van der Waals surface area contributed by atoms with Crippen LogP contribution in [0.5, 0.6) is 0 Å². The third-order valence-corrected chi connectivity index (χ3v) is 3.29. The molecule has 1 heterocycles. The lowest BCUT2D eigenvalue weighted by Crippen LogP contribution is -2.27. The summed E-state index contributed by atoms with van der Waals surface area (Å²) < 4.78 is 5.41.